The molecule has 0 aliphatic rings. The molecule has 0 aliphatic heterocycles. The minimum atomic E-state index is -1.83. The maximum Gasteiger partial charge on any atom is 0.707 e. The van der Waals surface area contributed by atoms with Gasteiger partial charge in [-0.3, -0.25) is 4.98 Å². The van der Waals surface area contributed by atoms with Crippen molar-refractivity contribution in [3.8, 4) is 5.75 Å². The normalized spacial score (nSPS) is 9.77. The van der Waals surface area contributed by atoms with Crippen LogP contribution < -0.4 is 4.65 Å². The maximum absolute atomic E-state index is 8.56. The Morgan fingerprint density at radius 2 is 2.31 bits per heavy atom. The highest BCUT2D eigenvalue weighted by Crippen LogP contribution is 2.16. The molecule has 0 fully saturated rings. The molecule has 2 N–H and O–H groups in total. The molecule has 0 unspecified atom stereocenters. The molecule has 0 aliphatic carbocycles. The predicted octanol–water partition coefficient (Wildman–Crippen LogP) is -0.424. The summed E-state index contributed by atoms with van der Waals surface area (Å²) in [5.74, 6) is 0.305. The van der Waals surface area contributed by atoms with Crippen LogP contribution in [0, 0.1) is 0 Å². The summed E-state index contributed by atoms with van der Waals surface area (Å²) in [6.07, 6.45) is 2.97. The van der Waals surface area contributed by atoms with E-state index < -0.39 is 7.32 Å². The Labute approximate surface area is 76.1 Å². The fraction of sp³-hybridized carbons (Fsp3) is 0.286. The van der Waals surface area contributed by atoms with Gasteiger partial charge in [0.1, 0.15) is 5.75 Å². The summed E-state index contributed by atoms with van der Waals surface area (Å²) in [6.45, 7) is 0.338. The first-order chi connectivity index (χ1) is 6.24. The summed E-state index contributed by atoms with van der Waals surface area (Å²) in [5, 5.41) is 17.1. The molecule has 0 spiro atoms. The van der Waals surface area contributed by atoms with Crippen LogP contribution in [0.1, 0.15) is 5.56 Å². The van der Waals surface area contributed by atoms with E-state index in [9.17, 15) is 0 Å². The average molecular weight is 183 g/mol. The van der Waals surface area contributed by atoms with Crippen molar-refractivity contribution in [1.82, 2.24) is 4.98 Å². The summed E-state index contributed by atoms with van der Waals surface area (Å²) in [4.78, 5) is 3.78. The first-order valence-electron chi connectivity index (χ1n) is 3.68. The molecule has 1 aromatic heterocycles. The highest BCUT2D eigenvalue weighted by atomic mass is 16.6. The summed E-state index contributed by atoms with van der Waals surface area (Å²) >= 11 is 0. The molecule has 0 amide bonds. The molecule has 6 heteroatoms. The Balaban J connectivity index is 2.78. The van der Waals surface area contributed by atoms with E-state index in [4.69, 9.17) is 14.8 Å². The third kappa shape index (κ3) is 3.02. The van der Waals surface area contributed by atoms with E-state index in [-0.39, 0.29) is 0 Å². The summed E-state index contributed by atoms with van der Waals surface area (Å²) in [6, 6.07) is 1.68. The van der Waals surface area contributed by atoms with Gasteiger partial charge >= 0.3 is 7.32 Å². The second kappa shape index (κ2) is 4.81. The van der Waals surface area contributed by atoms with Crippen LogP contribution in [0.5, 0.6) is 5.75 Å². The summed E-state index contributed by atoms with van der Waals surface area (Å²) in [7, 11) is -0.292. The van der Waals surface area contributed by atoms with Crippen LogP contribution in [0.25, 0.3) is 0 Å². The third-order valence-corrected chi connectivity index (χ3v) is 1.40. The van der Waals surface area contributed by atoms with Crippen LogP contribution in [0.4, 0.5) is 0 Å². The van der Waals surface area contributed by atoms with E-state index in [2.05, 4.69) is 9.64 Å². The van der Waals surface area contributed by atoms with Crippen molar-refractivity contribution in [2.75, 3.05) is 7.11 Å². The number of aromatic nitrogens is 1. The molecule has 0 aromatic carbocycles. The lowest BCUT2D eigenvalue weighted by Gasteiger charge is -2.08. The molecule has 1 heterocycles. The minimum absolute atomic E-state index is 0.305. The smallest absolute Gasteiger partial charge is 0.510 e. The van der Waals surface area contributed by atoms with Crippen LogP contribution in [0.2, 0.25) is 0 Å². The van der Waals surface area contributed by atoms with Crippen LogP contribution in [0.15, 0.2) is 18.5 Å². The topological polar surface area (TPSA) is 71.8 Å². The number of nitrogens with zero attached hydrogens (tertiary/aromatic N) is 1. The summed E-state index contributed by atoms with van der Waals surface area (Å²) in [5.41, 5.74) is 0.714. The molecule has 0 saturated carbocycles. The molecule has 1 rings (SSSR count). The fourth-order valence-electron chi connectivity index (χ4n) is 0.903. The third-order valence-electron chi connectivity index (χ3n) is 1.40. The van der Waals surface area contributed by atoms with Gasteiger partial charge in [-0.05, 0) is 6.07 Å². The summed E-state index contributed by atoms with van der Waals surface area (Å²) < 4.78 is 9.55. The second-order valence-corrected chi connectivity index (χ2v) is 2.36. The van der Waals surface area contributed by atoms with Crippen molar-refractivity contribution in [2.24, 2.45) is 0 Å². The molecular formula is C7H10BNO4. The largest absolute Gasteiger partial charge is 0.707 e. The molecule has 1 aromatic rings. The van der Waals surface area contributed by atoms with Gasteiger partial charge in [0.15, 0.2) is 0 Å². The first-order valence-corrected chi connectivity index (χ1v) is 3.68. The lowest BCUT2D eigenvalue weighted by atomic mass is 10.2. The quantitative estimate of drug-likeness (QED) is 0.620. The van der Waals surface area contributed by atoms with E-state index >= 15 is 0 Å². The SMILES string of the molecule is COCc1ccncc1OB(O)O. The Morgan fingerprint density at radius 1 is 1.54 bits per heavy atom. The lowest BCUT2D eigenvalue weighted by molar-refractivity contribution is 0.181. The van der Waals surface area contributed by atoms with Crippen LogP contribution in [-0.4, -0.2) is 29.5 Å². The highest BCUT2D eigenvalue weighted by molar-refractivity contribution is 6.33. The Bertz CT molecular complexity index is 268. The Hall–Kier alpha value is -1.11. The van der Waals surface area contributed by atoms with E-state index in [1.807, 2.05) is 0 Å². The molecular weight excluding hydrogens is 173 g/mol. The average Bonchev–Trinajstić information content (AvgIpc) is 2.08. The molecule has 5 nitrogen and oxygen atoms in total. The number of rotatable bonds is 4. The van der Waals surface area contributed by atoms with E-state index in [0.29, 0.717) is 17.9 Å². The molecule has 70 valence electrons. The highest BCUT2D eigenvalue weighted by Gasteiger charge is 2.13. The maximum atomic E-state index is 8.56. The zero-order valence-electron chi connectivity index (χ0n) is 7.17. The van der Waals surface area contributed by atoms with Crippen molar-refractivity contribution in [2.45, 2.75) is 6.61 Å². The van der Waals surface area contributed by atoms with Crippen molar-refractivity contribution >= 4 is 7.32 Å². The fourth-order valence-corrected chi connectivity index (χ4v) is 0.903. The molecule has 0 bridgehead atoms. The predicted molar refractivity (Wildman–Crippen MR) is 45.8 cm³/mol. The molecule has 0 radical (unpaired) electrons. The molecule has 0 atom stereocenters. The van der Waals surface area contributed by atoms with Crippen molar-refractivity contribution in [1.29, 1.82) is 0 Å². The monoisotopic (exact) mass is 183 g/mol. The van der Waals surface area contributed by atoms with Gasteiger partial charge in [-0.1, -0.05) is 0 Å². The lowest BCUT2D eigenvalue weighted by Crippen LogP contribution is -2.21. The van der Waals surface area contributed by atoms with Crippen LogP contribution in [-0.2, 0) is 11.3 Å². The number of hydrogen-bond donors (Lipinski definition) is 2. The van der Waals surface area contributed by atoms with Crippen molar-refractivity contribution in [3.05, 3.63) is 24.0 Å². The number of ether oxygens (including phenoxy) is 1. The first kappa shape index (κ1) is 9.98. The molecule has 13 heavy (non-hydrogen) atoms. The van der Waals surface area contributed by atoms with Gasteiger partial charge in [0, 0.05) is 18.9 Å². The van der Waals surface area contributed by atoms with Crippen molar-refractivity contribution < 1.29 is 19.4 Å². The Morgan fingerprint density at radius 3 is 2.92 bits per heavy atom. The van der Waals surface area contributed by atoms with E-state index in [1.54, 1.807) is 19.4 Å². The van der Waals surface area contributed by atoms with Gasteiger partial charge < -0.3 is 19.4 Å². The zero-order valence-corrected chi connectivity index (χ0v) is 7.17. The van der Waals surface area contributed by atoms with Crippen LogP contribution >= 0.6 is 0 Å². The molecule has 0 saturated heterocycles. The van der Waals surface area contributed by atoms with Gasteiger partial charge in [0.25, 0.3) is 0 Å². The minimum Gasteiger partial charge on any atom is -0.510 e. The standard InChI is InChI=1S/C7H10BNO4/c1-12-5-6-2-3-9-4-7(6)13-8(10)11/h2-4,10-11H,5H2,1H3. The Kier molecular flexibility index (Phi) is 3.69. The van der Waals surface area contributed by atoms with Gasteiger partial charge in [0.05, 0.1) is 12.8 Å². The van der Waals surface area contributed by atoms with E-state index in [1.165, 1.54) is 6.20 Å². The van der Waals surface area contributed by atoms with Crippen LogP contribution in [0.3, 0.4) is 0 Å². The zero-order chi connectivity index (χ0) is 9.68. The van der Waals surface area contributed by atoms with Gasteiger partial charge in [0.2, 0.25) is 0 Å². The van der Waals surface area contributed by atoms with Crippen molar-refractivity contribution in [3.63, 3.8) is 0 Å². The van der Waals surface area contributed by atoms with Gasteiger partial charge in [-0.25, -0.2) is 0 Å². The van der Waals surface area contributed by atoms with Gasteiger partial charge in [-0.2, -0.15) is 0 Å². The second-order valence-electron chi connectivity index (χ2n) is 2.36. The number of pyridine rings is 1. The van der Waals surface area contributed by atoms with Gasteiger partial charge in [-0.15, -0.1) is 0 Å². The van der Waals surface area contributed by atoms with E-state index in [0.717, 1.165) is 0 Å². The number of hydrogen-bond acceptors (Lipinski definition) is 5. The number of methoxy groups -OCH3 is 1.